The van der Waals surface area contributed by atoms with E-state index in [0.29, 0.717) is 6.42 Å². The molecule has 1 saturated heterocycles. The van der Waals surface area contributed by atoms with Crippen molar-refractivity contribution in [2.45, 2.75) is 31.7 Å². The number of benzene rings is 1. The molecule has 0 bridgehead atoms. The third-order valence-corrected chi connectivity index (χ3v) is 4.88. The highest BCUT2D eigenvalue weighted by molar-refractivity contribution is 7.92. The van der Waals surface area contributed by atoms with E-state index in [1.165, 1.54) is 12.1 Å². The molecule has 0 aliphatic carbocycles. The summed E-state index contributed by atoms with van der Waals surface area (Å²) in [7, 11) is -3.56. The van der Waals surface area contributed by atoms with Crippen LogP contribution in [-0.4, -0.2) is 26.8 Å². The van der Waals surface area contributed by atoms with Crippen LogP contribution in [0.5, 0.6) is 0 Å². The average molecular weight is 321 g/mol. The molecule has 1 heterocycles. The molecule has 0 aromatic heterocycles. The van der Waals surface area contributed by atoms with Crippen LogP contribution in [0.3, 0.4) is 0 Å². The van der Waals surface area contributed by atoms with Gasteiger partial charge in [0.15, 0.2) is 0 Å². The molecule has 1 aromatic carbocycles. The Morgan fingerprint density at radius 3 is 2.90 bits per heavy atom. The van der Waals surface area contributed by atoms with E-state index in [4.69, 9.17) is 11.6 Å². The van der Waals surface area contributed by atoms with Gasteiger partial charge in [-0.15, -0.1) is 0 Å². The van der Waals surface area contributed by atoms with E-state index in [2.05, 4.69) is 10.0 Å². The molecule has 0 spiro atoms. The Kier molecular flexibility index (Phi) is 5.23. The second-order valence-corrected chi connectivity index (χ2v) is 7.26. The molecular formula is C13H18ClFN2O2S. The van der Waals surface area contributed by atoms with Gasteiger partial charge in [0.25, 0.3) is 0 Å². The minimum Gasteiger partial charge on any atom is -0.314 e. The van der Waals surface area contributed by atoms with Crippen LogP contribution in [0.1, 0.15) is 25.7 Å². The van der Waals surface area contributed by atoms with E-state index in [1.807, 2.05) is 0 Å². The normalized spacial score (nSPS) is 19.8. The molecule has 0 amide bonds. The Bertz CT molecular complexity index is 559. The first-order chi connectivity index (χ1) is 9.46. The van der Waals surface area contributed by atoms with Crippen molar-refractivity contribution in [2.75, 3.05) is 17.0 Å². The van der Waals surface area contributed by atoms with E-state index in [0.717, 1.165) is 31.9 Å². The van der Waals surface area contributed by atoms with Crippen LogP contribution in [0.15, 0.2) is 18.2 Å². The van der Waals surface area contributed by atoms with Gasteiger partial charge in [0.05, 0.1) is 11.4 Å². The maximum atomic E-state index is 13.5. The van der Waals surface area contributed by atoms with Crippen molar-refractivity contribution in [1.29, 1.82) is 0 Å². The SMILES string of the molecule is O=S(=O)(CCC1CCCCN1)Nc1cc(Cl)ccc1F. The number of rotatable bonds is 5. The van der Waals surface area contributed by atoms with Gasteiger partial charge in [-0.2, -0.15) is 0 Å². The zero-order valence-corrected chi connectivity index (χ0v) is 12.6. The Morgan fingerprint density at radius 2 is 2.20 bits per heavy atom. The molecule has 20 heavy (non-hydrogen) atoms. The molecule has 2 rings (SSSR count). The van der Waals surface area contributed by atoms with Crippen LogP contribution in [0.2, 0.25) is 5.02 Å². The van der Waals surface area contributed by atoms with E-state index in [-0.39, 0.29) is 22.5 Å². The molecule has 1 unspecified atom stereocenters. The minimum atomic E-state index is -3.56. The van der Waals surface area contributed by atoms with Crippen LogP contribution in [-0.2, 0) is 10.0 Å². The summed E-state index contributed by atoms with van der Waals surface area (Å²) in [6, 6.07) is 4.01. The lowest BCUT2D eigenvalue weighted by molar-refractivity contribution is 0.393. The monoisotopic (exact) mass is 320 g/mol. The quantitative estimate of drug-likeness (QED) is 0.877. The number of halogens is 2. The summed E-state index contributed by atoms with van der Waals surface area (Å²) in [4.78, 5) is 0. The maximum Gasteiger partial charge on any atom is 0.232 e. The van der Waals surface area contributed by atoms with Gasteiger partial charge in [0, 0.05) is 11.1 Å². The average Bonchev–Trinajstić information content (AvgIpc) is 2.42. The zero-order chi connectivity index (χ0) is 14.6. The van der Waals surface area contributed by atoms with Crippen LogP contribution in [0.4, 0.5) is 10.1 Å². The molecule has 1 aliphatic rings. The molecule has 0 radical (unpaired) electrons. The molecule has 0 saturated carbocycles. The summed E-state index contributed by atoms with van der Waals surface area (Å²) in [5, 5.41) is 3.58. The molecule has 1 aliphatic heterocycles. The molecule has 1 aromatic rings. The van der Waals surface area contributed by atoms with Crippen LogP contribution in [0.25, 0.3) is 0 Å². The predicted octanol–water partition coefficient (Wildman–Crippen LogP) is 2.75. The van der Waals surface area contributed by atoms with E-state index < -0.39 is 15.8 Å². The lowest BCUT2D eigenvalue weighted by Gasteiger charge is -2.23. The Hall–Kier alpha value is -0.850. The summed E-state index contributed by atoms with van der Waals surface area (Å²) in [5.41, 5.74) is -0.103. The van der Waals surface area contributed by atoms with Crippen LogP contribution in [0, 0.1) is 5.82 Å². The fourth-order valence-electron chi connectivity index (χ4n) is 2.26. The number of piperidine rings is 1. The summed E-state index contributed by atoms with van der Waals surface area (Å²) >= 11 is 5.73. The molecular weight excluding hydrogens is 303 g/mol. The Labute approximate surface area is 123 Å². The first-order valence-electron chi connectivity index (χ1n) is 6.65. The Morgan fingerprint density at radius 1 is 1.40 bits per heavy atom. The molecule has 2 N–H and O–H groups in total. The predicted molar refractivity (Wildman–Crippen MR) is 79.1 cm³/mol. The molecule has 4 nitrogen and oxygen atoms in total. The summed E-state index contributed by atoms with van der Waals surface area (Å²) in [5.74, 6) is -0.662. The van der Waals surface area contributed by atoms with E-state index in [1.54, 1.807) is 0 Å². The first-order valence-corrected chi connectivity index (χ1v) is 8.68. The summed E-state index contributed by atoms with van der Waals surface area (Å²) < 4.78 is 39.7. The second-order valence-electron chi connectivity index (χ2n) is 4.98. The zero-order valence-electron chi connectivity index (χ0n) is 11.0. The van der Waals surface area contributed by atoms with Crippen LogP contribution >= 0.6 is 11.6 Å². The van der Waals surface area contributed by atoms with Gasteiger partial charge in [0.2, 0.25) is 10.0 Å². The molecule has 7 heteroatoms. The minimum absolute atomic E-state index is 0.0311. The number of nitrogens with one attached hydrogen (secondary N) is 2. The fourth-order valence-corrected chi connectivity index (χ4v) is 3.62. The highest BCUT2D eigenvalue weighted by atomic mass is 35.5. The maximum absolute atomic E-state index is 13.5. The lowest BCUT2D eigenvalue weighted by Crippen LogP contribution is -2.36. The number of sulfonamides is 1. The van der Waals surface area contributed by atoms with Crippen molar-refractivity contribution in [2.24, 2.45) is 0 Å². The number of hydrogen-bond donors (Lipinski definition) is 2. The number of anilines is 1. The van der Waals surface area contributed by atoms with Crippen molar-refractivity contribution in [3.63, 3.8) is 0 Å². The Balaban J connectivity index is 1.94. The van der Waals surface area contributed by atoms with Crippen molar-refractivity contribution < 1.29 is 12.8 Å². The second kappa shape index (κ2) is 6.74. The van der Waals surface area contributed by atoms with Gasteiger partial charge >= 0.3 is 0 Å². The molecule has 112 valence electrons. The van der Waals surface area contributed by atoms with Gasteiger partial charge in [-0.05, 0) is 44.0 Å². The molecule has 1 fully saturated rings. The van der Waals surface area contributed by atoms with Crippen molar-refractivity contribution >= 4 is 27.3 Å². The van der Waals surface area contributed by atoms with Gasteiger partial charge < -0.3 is 5.32 Å². The molecule has 1 atom stereocenters. The van der Waals surface area contributed by atoms with Crippen molar-refractivity contribution in [3.8, 4) is 0 Å². The largest absolute Gasteiger partial charge is 0.314 e. The third kappa shape index (κ3) is 4.61. The smallest absolute Gasteiger partial charge is 0.232 e. The first kappa shape index (κ1) is 15.5. The van der Waals surface area contributed by atoms with Gasteiger partial charge in [-0.25, -0.2) is 12.8 Å². The van der Waals surface area contributed by atoms with Crippen molar-refractivity contribution in [1.82, 2.24) is 5.32 Å². The number of hydrogen-bond acceptors (Lipinski definition) is 3. The van der Waals surface area contributed by atoms with Gasteiger partial charge in [-0.1, -0.05) is 18.0 Å². The van der Waals surface area contributed by atoms with Crippen molar-refractivity contribution in [3.05, 3.63) is 29.0 Å². The van der Waals surface area contributed by atoms with Crippen LogP contribution < -0.4 is 10.0 Å². The lowest BCUT2D eigenvalue weighted by atomic mass is 10.0. The summed E-state index contributed by atoms with van der Waals surface area (Å²) in [6.07, 6.45) is 3.77. The standard InChI is InChI=1S/C13H18ClFN2O2S/c14-10-4-5-12(15)13(9-10)17-20(18,19)8-6-11-3-1-2-7-16-11/h4-5,9,11,16-17H,1-3,6-8H2. The van der Waals surface area contributed by atoms with E-state index >= 15 is 0 Å². The van der Waals surface area contributed by atoms with E-state index in [9.17, 15) is 12.8 Å². The third-order valence-electron chi connectivity index (χ3n) is 3.34. The summed E-state index contributed by atoms with van der Waals surface area (Å²) in [6.45, 7) is 0.932. The topological polar surface area (TPSA) is 58.2 Å². The highest BCUT2D eigenvalue weighted by Gasteiger charge is 2.18. The van der Waals surface area contributed by atoms with Gasteiger partial charge in [0.1, 0.15) is 5.82 Å². The fraction of sp³-hybridized carbons (Fsp3) is 0.538. The highest BCUT2D eigenvalue weighted by Crippen LogP contribution is 2.21. The van der Waals surface area contributed by atoms with Gasteiger partial charge in [-0.3, -0.25) is 4.72 Å².